The molecule has 1 saturated heterocycles. The largest absolute Gasteiger partial charge is 0.507 e. The Hall–Kier alpha value is -3.06. The topological polar surface area (TPSA) is 73.1 Å². The third-order valence-corrected chi connectivity index (χ3v) is 5.27. The van der Waals surface area contributed by atoms with E-state index in [9.17, 15) is 9.50 Å². The van der Waals surface area contributed by atoms with Crippen molar-refractivity contribution in [3.63, 3.8) is 0 Å². The fourth-order valence-corrected chi connectivity index (χ4v) is 3.59. The summed E-state index contributed by atoms with van der Waals surface area (Å²) in [6.45, 7) is 13.8. The van der Waals surface area contributed by atoms with Crippen molar-refractivity contribution in [1.82, 2.24) is 15.2 Å². The van der Waals surface area contributed by atoms with Gasteiger partial charge in [0.05, 0.1) is 5.71 Å². The van der Waals surface area contributed by atoms with Crippen molar-refractivity contribution in [2.24, 2.45) is 10.2 Å². The smallest absolute Gasteiger partial charge is 0.213 e. The maximum atomic E-state index is 13.4. The standard InChI is InChI=1S/C22H24FN5O.2C2H6/c1-2-15-11-19(26-27-22(12-15)28-9-7-24-8-10-28)18-4-3-16(13-20(18)29)17-5-6-25-21(23)14-17;2*1-2/h3-6,11,13-14,24,29H,2,7-10,12H2,1H3;2*1-2H3. The Balaban J connectivity index is 0.000000914. The highest BCUT2D eigenvalue weighted by atomic mass is 19.1. The van der Waals surface area contributed by atoms with Crippen LogP contribution in [0.15, 0.2) is 58.4 Å². The SMILES string of the molecule is CC.CC.CCC1=CC(c2ccc(-c3ccnc(F)c3)cc2O)=NN=C(N2CCNCC2)C1. The molecule has 7 heteroatoms. The first kappa shape index (κ1) is 26.2. The van der Waals surface area contributed by atoms with Crippen molar-refractivity contribution in [3.8, 4) is 16.9 Å². The lowest BCUT2D eigenvalue weighted by molar-refractivity contribution is 0.352. The number of amidine groups is 1. The van der Waals surface area contributed by atoms with Crippen molar-refractivity contribution >= 4 is 11.5 Å². The molecule has 3 heterocycles. The van der Waals surface area contributed by atoms with Gasteiger partial charge in [0.15, 0.2) is 0 Å². The molecule has 0 unspecified atom stereocenters. The van der Waals surface area contributed by atoms with Crippen molar-refractivity contribution in [1.29, 1.82) is 0 Å². The van der Waals surface area contributed by atoms with Crippen LogP contribution in [-0.2, 0) is 0 Å². The number of rotatable bonds is 3. The molecular formula is C26H36FN5O. The molecule has 0 saturated carbocycles. The molecule has 2 N–H and O–H groups in total. The highest BCUT2D eigenvalue weighted by Gasteiger charge is 2.19. The van der Waals surface area contributed by atoms with E-state index < -0.39 is 5.95 Å². The molecule has 4 rings (SSSR count). The Morgan fingerprint density at radius 2 is 1.70 bits per heavy atom. The van der Waals surface area contributed by atoms with E-state index in [0.29, 0.717) is 22.4 Å². The molecule has 2 aliphatic rings. The first-order valence-electron chi connectivity index (χ1n) is 11.9. The summed E-state index contributed by atoms with van der Waals surface area (Å²) in [7, 11) is 0. The number of halogens is 1. The molecule has 0 spiro atoms. The minimum Gasteiger partial charge on any atom is -0.507 e. The van der Waals surface area contributed by atoms with Crippen LogP contribution >= 0.6 is 0 Å². The zero-order chi connectivity index (χ0) is 24.2. The minimum atomic E-state index is -0.551. The fraction of sp³-hybridized carbons (Fsp3) is 0.423. The van der Waals surface area contributed by atoms with Gasteiger partial charge < -0.3 is 15.3 Å². The van der Waals surface area contributed by atoms with E-state index in [1.54, 1.807) is 18.2 Å². The average molecular weight is 454 g/mol. The summed E-state index contributed by atoms with van der Waals surface area (Å²) >= 11 is 0. The summed E-state index contributed by atoms with van der Waals surface area (Å²) in [4.78, 5) is 5.85. The van der Waals surface area contributed by atoms with Crippen LogP contribution in [0.1, 0.15) is 53.0 Å². The molecule has 0 radical (unpaired) electrons. The van der Waals surface area contributed by atoms with Crippen LogP contribution in [0.2, 0.25) is 0 Å². The lowest BCUT2D eigenvalue weighted by atomic mass is 9.99. The van der Waals surface area contributed by atoms with Gasteiger partial charge in [0.1, 0.15) is 11.6 Å². The number of hydrogen-bond donors (Lipinski definition) is 2. The van der Waals surface area contributed by atoms with E-state index in [0.717, 1.165) is 44.9 Å². The first-order valence-corrected chi connectivity index (χ1v) is 11.9. The molecule has 2 aliphatic heterocycles. The Bertz CT molecular complexity index is 994. The average Bonchev–Trinajstić information content (AvgIpc) is 3.10. The summed E-state index contributed by atoms with van der Waals surface area (Å²) in [6.07, 6.45) is 5.07. The second kappa shape index (κ2) is 13.5. The predicted molar refractivity (Wildman–Crippen MR) is 135 cm³/mol. The van der Waals surface area contributed by atoms with Crippen molar-refractivity contribution in [3.05, 3.63) is 59.7 Å². The van der Waals surface area contributed by atoms with Crippen LogP contribution in [0.25, 0.3) is 11.1 Å². The lowest BCUT2D eigenvalue weighted by Gasteiger charge is -2.29. The predicted octanol–water partition coefficient (Wildman–Crippen LogP) is 5.39. The highest BCUT2D eigenvalue weighted by molar-refractivity contribution is 6.12. The van der Waals surface area contributed by atoms with Crippen LogP contribution in [0, 0.1) is 5.95 Å². The molecule has 6 nitrogen and oxygen atoms in total. The monoisotopic (exact) mass is 453 g/mol. The lowest BCUT2D eigenvalue weighted by Crippen LogP contribution is -2.46. The fourth-order valence-electron chi connectivity index (χ4n) is 3.59. The van der Waals surface area contributed by atoms with Gasteiger partial charge >= 0.3 is 0 Å². The number of pyridine rings is 1. The number of nitrogens with one attached hydrogen (secondary N) is 1. The molecule has 1 fully saturated rings. The van der Waals surface area contributed by atoms with Gasteiger partial charge in [-0.05, 0) is 41.8 Å². The third-order valence-electron chi connectivity index (χ3n) is 5.27. The Kier molecular flexibility index (Phi) is 10.7. The number of aromatic hydroxyl groups is 1. The summed E-state index contributed by atoms with van der Waals surface area (Å²) < 4.78 is 13.4. The van der Waals surface area contributed by atoms with E-state index in [2.05, 4.69) is 32.3 Å². The summed E-state index contributed by atoms with van der Waals surface area (Å²) in [6, 6.07) is 8.32. The van der Waals surface area contributed by atoms with Gasteiger partial charge in [-0.25, -0.2) is 4.98 Å². The maximum absolute atomic E-state index is 13.4. The normalized spacial score (nSPS) is 15.6. The number of phenols is 1. The van der Waals surface area contributed by atoms with Gasteiger partial charge in [-0.3, -0.25) is 0 Å². The van der Waals surface area contributed by atoms with Gasteiger partial charge in [-0.15, -0.1) is 10.2 Å². The maximum Gasteiger partial charge on any atom is 0.213 e. The molecule has 2 aromatic rings. The molecule has 178 valence electrons. The zero-order valence-electron chi connectivity index (χ0n) is 20.4. The second-order valence-corrected chi connectivity index (χ2v) is 7.17. The van der Waals surface area contributed by atoms with Crippen molar-refractivity contribution < 1.29 is 9.50 Å². The minimum absolute atomic E-state index is 0.0889. The van der Waals surface area contributed by atoms with Gasteiger partial charge in [0, 0.05) is 50.4 Å². The summed E-state index contributed by atoms with van der Waals surface area (Å²) in [5.74, 6) is 0.508. The molecule has 0 atom stereocenters. The molecule has 33 heavy (non-hydrogen) atoms. The summed E-state index contributed by atoms with van der Waals surface area (Å²) in [5.41, 5.74) is 3.84. The van der Waals surface area contributed by atoms with Crippen molar-refractivity contribution in [2.75, 3.05) is 26.2 Å². The number of nitrogens with zero attached hydrogens (tertiary/aromatic N) is 4. The Labute approximate surface area is 197 Å². The molecule has 0 bridgehead atoms. The Morgan fingerprint density at radius 3 is 2.33 bits per heavy atom. The number of piperazine rings is 1. The third kappa shape index (κ3) is 6.96. The molecule has 0 amide bonds. The molecular weight excluding hydrogens is 417 g/mol. The van der Waals surface area contributed by atoms with Gasteiger partial charge in [-0.1, -0.05) is 46.3 Å². The van der Waals surface area contributed by atoms with Crippen LogP contribution in [0.3, 0.4) is 0 Å². The van der Waals surface area contributed by atoms with E-state index in [-0.39, 0.29) is 5.75 Å². The highest BCUT2D eigenvalue weighted by Crippen LogP contribution is 2.28. The van der Waals surface area contributed by atoms with E-state index >= 15 is 0 Å². The van der Waals surface area contributed by atoms with E-state index in [1.807, 2.05) is 39.8 Å². The number of phenolic OH excluding ortho intramolecular Hbond substituents is 1. The first-order chi connectivity index (χ1) is 16.1. The molecule has 1 aromatic carbocycles. The van der Waals surface area contributed by atoms with Gasteiger partial charge in [0.25, 0.3) is 0 Å². The summed E-state index contributed by atoms with van der Waals surface area (Å²) in [5, 5.41) is 23.0. The van der Waals surface area contributed by atoms with Crippen molar-refractivity contribution in [2.45, 2.75) is 47.5 Å². The second-order valence-electron chi connectivity index (χ2n) is 7.17. The Morgan fingerprint density at radius 1 is 1.00 bits per heavy atom. The quantitative estimate of drug-likeness (QED) is 0.611. The van der Waals surface area contributed by atoms with Crippen LogP contribution < -0.4 is 5.32 Å². The molecule has 1 aromatic heterocycles. The number of allylic oxidation sites excluding steroid dienone is 1. The van der Waals surface area contributed by atoms with Crippen LogP contribution in [0.5, 0.6) is 5.75 Å². The van der Waals surface area contributed by atoms with Crippen LogP contribution in [-0.4, -0.2) is 52.7 Å². The van der Waals surface area contributed by atoms with Gasteiger partial charge in [-0.2, -0.15) is 4.39 Å². The van der Waals surface area contributed by atoms with E-state index in [4.69, 9.17) is 0 Å². The van der Waals surface area contributed by atoms with Crippen LogP contribution in [0.4, 0.5) is 4.39 Å². The van der Waals surface area contributed by atoms with Gasteiger partial charge in [0.2, 0.25) is 5.95 Å². The zero-order valence-corrected chi connectivity index (χ0v) is 20.4. The molecule has 0 aliphatic carbocycles. The number of benzene rings is 1. The number of aromatic nitrogens is 1. The number of hydrogen-bond acceptors (Lipinski definition) is 6. The van der Waals surface area contributed by atoms with E-state index in [1.165, 1.54) is 17.8 Å².